The minimum Gasteiger partial charge on any atom is -0.493 e. The van der Waals surface area contributed by atoms with Crippen LogP contribution in [0.3, 0.4) is 0 Å². The Morgan fingerprint density at radius 1 is 1.27 bits per heavy atom. The van der Waals surface area contributed by atoms with Crippen molar-refractivity contribution in [2.45, 2.75) is 12.5 Å². The fraction of sp³-hybridized carbons (Fsp3) is 0.312. The van der Waals surface area contributed by atoms with Crippen molar-refractivity contribution in [1.82, 2.24) is 5.32 Å². The van der Waals surface area contributed by atoms with Gasteiger partial charge in [0.15, 0.2) is 11.5 Å². The summed E-state index contributed by atoms with van der Waals surface area (Å²) in [5.41, 5.74) is 1.37. The lowest BCUT2D eigenvalue weighted by molar-refractivity contribution is 0.0942. The third-order valence-electron chi connectivity index (χ3n) is 3.28. The average Bonchev–Trinajstić information content (AvgIpc) is 3.08. The summed E-state index contributed by atoms with van der Waals surface area (Å²) in [4.78, 5) is 12.1. The van der Waals surface area contributed by atoms with Gasteiger partial charge >= 0.3 is 0 Å². The number of amides is 1. The van der Waals surface area contributed by atoms with Gasteiger partial charge in [-0.05, 0) is 47.0 Å². The van der Waals surface area contributed by atoms with E-state index >= 15 is 0 Å². The lowest BCUT2D eigenvalue weighted by Gasteiger charge is -2.11. The van der Waals surface area contributed by atoms with Gasteiger partial charge in [0.05, 0.1) is 20.3 Å². The van der Waals surface area contributed by atoms with Gasteiger partial charge in [-0.1, -0.05) is 0 Å². The Morgan fingerprint density at radius 2 is 2.05 bits per heavy atom. The Morgan fingerprint density at radius 3 is 2.68 bits per heavy atom. The summed E-state index contributed by atoms with van der Waals surface area (Å²) in [5, 5.41) is 16.6. The molecule has 0 aliphatic heterocycles. The summed E-state index contributed by atoms with van der Waals surface area (Å²) in [5.74, 6) is 0.874. The number of ether oxygens (including phenoxy) is 2. The first-order chi connectivity index (χ1) is 10.7. The fourth-order valence-corrected chi connectivity index (χ4v) is 2.74. The summed E-state index contributed by atoms with van der Waals surface area (Å²) in [6, 6.07) is 6.87. The van der Waals surface area contributed by atoms with Gasteiger partial charge in [-0.15, -0.1) is 0 Å². The van der Waals surface area contributed by atoms with E-state index in [1.54, 1.807) is 25.3 Å². The van der Waals surface area contributed by atoms with Crippen molar-refractivity contribution in [3.05, 3.63) is 46.2 Å². The summed E-state index contributed by atoms with van der Waals surface area (Å²) >= 11 is 1.54. The number of methoxy groups -OCH3 is 2. The fourth-order valence-electron chi connectivity index (χ4n) is 2.03. The number of hydrogen-bond acceptors (Lipinski definition) is 5. The van der Waals surface area contributed by atoms with Crippen LogP contribution in [0.15, 0.2) is 35.0 Å². The molecule has 2 aromatic rings. The van der Waals surface area contributed by atoms with E-state index in [0.717, 1.165) is 5.56 Å². The standard InChI is InChI=1S/C16H19NO4S/c1-20-14-4-3-11(9-15(14)21-2)16(19)17-7-5-13(18)12-6-8-22-10-12/h3-4,6,8-10,13,18H,5,7H2,1-2H3,(H,17,19). The molecule has 0 aliphatic rings. The zero-order chi connectivity index (χ0) is 15.9. The predicted molar refractivity (Wildman–Crippen MR) is 85.8 cm³/mol. The minimum atomic E-state index is -0.558. The number of carbonyl (C=O) groups is 1. The molecule has 1 heterocycles. The number of carbonyl (C=O) groups excluding carboxylic acids is 1. The molecule has 0 radical (unpaired) electrons. The summed E-state index contributed by atoms with van der Waals surface area (Å²) in [7, 11) is 3.07. The second-order valence-corrected chi connectivity index (χ2v) is 5.47. The number of rotatable bonds is 7. The van der Waals surface area contributed by atoms with Gasteiger partial charge in [0.1, 0.15) is 0 Å². The van der Waals surface area contributed by atoms with Gasteiger partial charge in [-0.3, -0.25) is 4.79 Å². The molecule has 1 atom stereocenters. The van der Waals surface area contributed by atoms with Crippen molar-refractivity contribution in [1.29, 1.82) is 0 Å². The largest absolute Gasteiger partial charge is 0.493 e. The van der Waals surface area contributed by atoms with Crippen LogP contribution in [-0.4, -0.2) is 31.8 Å². The molecule has 2 rings (SSSR count). The van der Waals surface area contributed by atoms with Crippen LogP contribution in [0.5, 0.6) is 11.5 Å². The second kappa shape index (κ2) is 7.82. The zero-order valence-corrected chi connectivity index (χ0v) is 13.4. The maximum atomic E-state index is 12.1. The van der Waals surface area contributed by atoms with Crippen LogP contribution in [-0.2, 0) is 0 Å². The number of aliphatic hydroxyl groups is 1. The molecule has 1 aromatic carbocycles. The third kappa shape index (κ3) is 3.99. The third-order valence-corrected chi connectivity index (χ3v) is 3.98. The van der Waals surface area contributed by atoms with Crippen LogP contribution < -0.4 is 14.8 Å². The molecule has 1 aromatic heterocycles. The quantitative estimate of drug-likeness (QED) is 0.822. The lowest BCUT2D eigenvalue weighted by Crippen LogP contribution is -2.25. The van der Waals surface area contributed by atoms with E-state index in [1.165, 1.54) is 18.4 Å². The Labute approximate surface area is 133 Å². The summed E-state index contributed by atoms with van der Waals surface area (Å²) < 4.78 is 10.3. The van der Waals surface area contributed by atoms with E-state index in [4.69, 9.17) is 9.47 Å². The van der Waals surface area contributed by atoms with Crippen molar-refractivity contribution in [3.8, 4) is 11.5 Å². The molecule has 0 fully saturated rings. The van der Waals surface area contributed by atoms with E-state index in [2.05, 4.69) is 5.32 Å². The molecule has 2 N–H and O–H groups in total. The smallest absolute Gasteiger partial charge is 0.251 e. The van der Waals surface area contributed by atoms with Crippen molar-refractivity contribution in [3.63, 3.8) is 0 Å². The van der Waals surface area contributed by atoms with Crippen LogP contribution in [0, 0.1) is 0 Å². The predicted octanol–water partition coefficient (Wildman–Crippen LogP) is 2.62. The molecule has 1 amide bonds. The van der Waals surface area contributed by atoms with Crippen LogP contribution >= 0.6 is 11.3 Å². The highest BCUT2D eigenvalue weighted by Gasteiger charge is 2.12. The topological polar surface area (TPSA) is 67.8 Å². The molecule has 0 aliphatic carbocycles. The van der Waals surface area contributed by atoms with E-state index in [9.17, 15) is 9.90 Å². The molecule has 118 valence electrons. The molecule has 0 saturated carbocycles. The van der Waals surface area contributed by atoms with Crippen LogP contribution in [0.25, 0.3) is 0 Å². The molecule has 1 unspecified atom stereocenters. The monoisotopic (exact) mass is 321 g/mol. The van der Waals surface area contributed by atoms with Crippen molar-refractivity contribution in [2.24, 2.45) is 0 Å². The van der Waals surface area contributed by atoms with E-state index in [-0.39, 0.29) is 5.91 Å². The molecule has 0 bridgehead atoms. The highest BCUT2D eigenvalue weighted by Crippen LogP contribution is 2.27. The first-order valence-electron chi connectivity index (χ1n) is 6.86. The molecular weight excluding hydrogens is 302 g/mol. The maximum absolute atomic E-state index is 12.1. The lowest BCUT2D eigenvalue weighted by atomic mass is 10.1. The minimum absolute atomic E-state index is 0.210. The Bertz CT molecular complexity index is 613. The van der Waals surface area contributed by atoms with Crippen LogP contribution in [0.1, 0.15) is 28.4 Å². The van der Waals surface area contributed by atoms with Crippen LogP contribution in [0.2, 0.25) is 0 Å². The van der Waals surface area contributed by atoms with Gasteiger partial charge in [0.2, 0.25) is 0 Å². The molecule has 22 heavy (non-hydrogen) atoms. The van der Waals surface area contributed by atoms with Crippen molar-refractivity contribution < 1.29 is 19.4 Å². The number of thiophene rings is 1. The highest BCUT2D eigenvalue weighted by molar-refractivity contribution is 7.07. The van der Waals surface area contributed by atoms with E-state index < -0.39 is 6.10 Å². The normalized spacial score (nSPS) is 11.8. The first-order valence-corrected chi connectivity index (χ1v) is 7.80. The van der Waals surface area contributed by atoms with Gasteiger partial charge in [0, 0.05) is 12.1 Å². The Kier molecular flexibility index (Phi) is 5.80. The van der Waals surface area contributed by atoms with Crippen molar-refractivity contribution in [2.75, 3.05) is 20.8 Å². The summed E-state index contributed by atoms with van der Waals surface area (Å²) in [6.45, 7) is 0.393. The molecule has 6 heteroatoms. The summed E-state index contributed by atoms with van der Waals surface area (Å²) in [6.07, 6.45) is -0.0904. The van der Waals surface area contributed by atoms with E-state index in [0.29, 0.717) is 30.0 Å². The molecule has 0 saturated heterocycles. The molecule has 5 nitrogen and oxygen atoms in total. The highest BCUT2D eigenvalue weighted by atomic mass is 32.1. The van der Waals surface area contributed by atoms with Crippen LogP contribution in [0.4, 0.5) is 0 Å². The van der Waals surface area contributed by atoms with Crippen molar-refractivity contribution >= 4 is 17.2 Å². The number of hydrogen-bond donors (Lipinski definition) is 2. The zero-order valence-electron chi connectivity index (χ0n) is 12.5. The number of benzene rings is 1. The van der Waals surface area contributed by atoms with Gasteiger partial charge in [-0.25, -0.2) is 0 Å². The van der Waals surface area contributed by atoms with Gasteiger partial charge < -0.3 is 19.9 Å². The number of nitrogens with one attached hydrogen (secondary N) is 1. The van der Waals surface area contributed by atoms with E-state index in [1.807, 2.05) is 16.8 Å². The SMILES string of the molecule is COc1ccc(C(=O)NCCC(O)c2ccsc2)cc1OC. The number of aliphatic hydroxyl groups excluding tert-OH is 1. The molecular formula is C16H19NO4S. The second-order valence-electron chi connectivity index (χ2n) is 4.69. The van der Waals surface area contributed by atoms with Gasteiger partial charge in [0.25, 0.3) is 5.91 Å². The Balaban J connectivity index is 1.89. The van der Waals surface area contributed by atoms with Gasteiger partial charge in [-0.2, -0.15) is 11.3 Å². The Hall–Kier alpha value is -2.05. The molecule has 0 spiro atoms. The average molecular weight is 321 g/mol. The first kappa shape index (κ1) is 16.3. The maximum Gasteiger partial charge on any atom is 0.251 e.